The van der Waals surface area contributed by atoms with E-state index < -0.39 is 0 Å². The highest BCUT2D eigenvalue weighted by molar-refractivity contribution is 6.30. The molecule has 0 atom stereocenters. The summed E-state index contributed by atoms with van der Waals surface area (Å²) in [6, 6.07) is 20.3. The van der Waals surface area contributed by atoms with Crippen molar-refractivity contribution in [3.05, 3.63) is 71.2 Å². The van der Waals surface area contributed by atoms with Gasteiger partial charge in [0.25, 0.3) is 0 Å². The van der Waals surface area contributed by atoms with Crippen molar-refractivity contribution in [2.45, 2.75) is 19.3 Å². The van der Waals surface area contributed by atoms with Crippen molar-refractivity contribution in [2.24, 2.45) is 0 Å². The van der Waals surface area contributed by atoms with Crippen LogP contribution in [0.15, 0.2) is 60.7 Å². The first-order chi connectivity index (χ1) is 13.3. The van der Waals surface area contributed by atoms with Crippen LogP contribution in [0.25, 0.3) is 11.3 Å². The molecule has 1 aliphatic rings. The van der Waals surface area contributed by atoms with Crippen molar-refractivity contribution in [3.8, 4) is 11.3 Å². The number of hydrogen-bond acceptors (Lipinski definition) is 4. The van der Waals surface area contributed by atoms with Gasteiger partial charge in [0.15, 0.2) is 0 Å². The van der Waals surface area contributed by atoms with Gasteiger partial charge in [-0.3, -0.25) is 0 Å². The molecule has 1 aliphatic heterocycles. The number of benzene rings is 2. The quantitative estimate of drug-likeness (QED) is 0.651. The number of aromatic nitrogens is 2. The zero-order chi connectivity index (χ0) is 18.5. The summed E-state index contributed by atoms with van der Waals surface area (Å²) in [7, 11) is 0. The van der Waals surface area contributed by atoms with Crippen LogP contribution in [-0.4, -0.2) is 29.6 Å². The number of hydrogen-bond donors (Lipinski definition) is 1. The molecule has 3 aromatic rings. The standard InChI is InChI=1S/C22H23ClN4/c23-19-10-6-7-17(15-19)11-12-24-22-25-20(18-8-2-1-3-9-18)16-21(26-22)27-13-4-5-14-27/h1-3,6-10,15-16H,4-5,11-14H2,(H,24,25,26). The molecule has 0 radical (unpaired) electrons. The molecular formula is C22H23ClN4. The summed E-state index contributed by atoms with van der Waals surface area (Å²) in [5, 5.41) is 4.16. The van der Waals surface area contributed by atoms with Crippen molar-refractivity contribution in [1.82, 2.24) is 9.97 Å². The maximum atomic E-state index is 6.07. The summed E-state index contributed by atoms with van der Waals surface area (Å²) in [4.78, 5) is 11.9. The highest BCUT2D eigenvalue weighted by atomic mass is 35.5. The maximum absolute atomic E-state index is 6.07. The smallest absolute Gasteiger partial charge is 0.225 e. The lowest BCUT2D eigenvalue weighted by molar-refractivity contribution is 0.919. The number of anilines is 2. The summed E-state index contributed by atoms with van der Waals surface area (Å²) in [6.07, 6.45) is 3.32. The minimum atomic E-state index is 0.681. The Bertz CT molecular complexity index is 892. The van der Waals surface area contributed by atoms with Crippen LogP contribution < -0.4 is 10.2 Å². The largest absolute Gasteiger partial charge is 0.356 e. The van der Waals surface area contributed by atoms with Crippen molar-refractivity contribution in [2.75, 3.05) is 29.9 Å². The molecule has 1 saturated heterocycles. The third-order valence-corrected chi connectivity index (χ3v) is 5.03. The van der Waals surface area contributed by atoms with Crippen LogP contribution >= 0.6 is 11.6 Å². The molecule has 0 bridgehead atoms. The fourth-order valence-electron chi connectivity index (χ4n) is 3.39. The second-order valence-corrected chi connectivity index (χ2v) is 7.24. The Hall–Kier alpha value is -2.59. The minimum absolute atomic E-state index is 0.681. The third kappa shape index (κ3) is 4.58. The van der Waals surface area contributed by atoms with E-state index in [-0.39, 0.29) is 0 Å². The van der Waals surface area contributed by atoms with E-state index in [9.17, 15) is 0 Å². The Balaban J connectivity index is 1.54. The van der Waals surface area contributed by atoms with Crippen molar-refractivity contribution in [1.29, 1.82) is 0 Å². The van der Waals surface area contributed by atoms with E-state index in [0.717, 1.165) is 48.2 Å². The normalized spacial score (nSPS) is 13.7. The highest BCUT2D eigenvalue weighted by Gasteiger charge is 2.16. The predicted octanol–water partition coefficient (Wildman–Crippen LogP) is 5.05. The molecule has 1 aromatic heterocycles. The lowest BCUT2D eigenvalue weighted by Crippen LogP contribution is -2.20. The van der Waals surface area contributed by atoms with Gasteiger partial charge in [0.1, 0.15) is 5.82 Å². The fraction of sp³-hybridized carbons (Fsp3) is 0.273. The van der Waals surface area contributed by atoms with Gasteiger partial charge < -0.3 is 10.2 Å². The van der Waals surface area contributed by atoms with Gasteiger partial charge in [0, 0.05) is 36.3 Å². The molecule has 5 heteroatoms. The first-order valence-corrected chi connectivity index (χ1v) is 9.83. The molecule has 4 nitrogen and oxygen atoms in total. The molecular weight excluding hydrogens is 356 g/mol. The van der Waals surface area contributed by atoms with E-state index in [1.165, 1.54) is 18.4 Å². The SMILES string of the molecule is Clc1cccc(CCNc2nc(-c3ccccc3)cc(N3CCCC3)n2)c1. The second-order valence-electron chi connectivity index (χ2n) is 6.80. The Labute approximate surface area is 165 Å². The number of halogens is 1. The minimum Gasteiger partial charge on any atom is -0.356 e. The summed E-state index contributed by atoms with van der Waals surface area (Å²) in [6.45, 7) is 2.89. The monoisotopic (exact) mass is 378 g/mol. The molecule has 2 heterocycles. The van der Waals surface area contributed by atoms with Gasteiger partial charge in [-0.15, -0.1) is 0 Å². The average molecular weight is 379 g/mol. The van der Waals surface area contributed by atoms with E-state index >= 15 is 0 Å². The number of nitrogens with one attached hydrogen (secondary N) is 1. The topological polar surface area (TPSA) is 41.1 Å². The predicted molar refractivity (Wildman–Crippen MR) is 113 cm³/mol. The van der Waals surface area contributed by atoms with Gasteiger partial charge in [0.2, 0.25) is 5.95 Å². The maximum Gasteiger partial charge on any atom is 0.225 e. The Morgan fingerprint density at radius 3 is 2.52 bits per heavy atom. The molecule has 138 valence electrons. The van der Waals surface area contributed by atoms with Crippen molar-refractivity contribution in [3.63, 3.8) is 0 Å². The molecule has 0 unspecified atom stereocenters. The Morgan fingerprint density at radius 2 is 1.74 bits per heavy atom. The summed E-state index contributed by atoms with van der Waals surface area (Å²) < 4.78 is 0. The van der Waals surface area contributed by atoms with Crippen LogP contribution in [0, 0.1) is 0 Å². The van der Waals surface area contributed by atoms with Crippen LogP contribution in [0.3, 0.4) is 0 Å². The van der Waals surface area contributed by atoms with E-state index in [1.807, 2.05) is 36.4 Å². The van der Waals surface area contributed by atoms with E-state index in [0.29, 0.717) is 5.95 Å². The first-order valence-electron chi connectivity index (χ1n) is 9.46. The molecule has 1 fully saturated rings. The van der Waals surface area contributed by atoms with Gasteiger partial charge in [-0.05, 0) is 37.0 Å². The first kappa shape index (κ1) is 17.8. The molecule has 27 heavy (non-hydrogen) atoms. The summed E-state index contributed by atoms with van der Waals surface area (Å²) in [5.41, 5.74) is 3.27. The number of rotatable bonds is 6. The third-order valence-electron chi connectivity index (χ3n) is 4.80. The van der Waals surface area contributed by atoms with Crippen LogP contribution in [0.4, 0.5) is 11.8 Å². The zero-order valence-electron chi connectivity index (χ0n) is 15.2. The number of nitrogens with zero attached hydrogens (tertiary/aromatic N) is 3. The van der Waals surface area contributed by atoms with Crippen LogP contribution in [0.2, 0.25) is 5.02 Å². The lowest BCUT2D eigenvalue weighted by atomic mass is 10.1. The molecule has 0 amide bonds. The van der Waals surface area contributed by atoms with Gasteiger partial charge in [-0.2, -0.15) is 4.98 Å². The van der Waals surface area contributed by atoms with Crippen molar-refractivity contribution < 1.29 is 0 Å². The second kappa shape index (κ2) is 8.40. The molecule has 0 spiro atoms. The van der Waals surface area contributed by atoms with Crippen LogP contribution in [0.5, 0.6) is 0 Å². The zero-order valence-corrected chi connectivity index (χ0v) is 16.0. The lowest BCUT2D eigenvalue weighted by Gasteiger charge is -2.18. The van der Waals surface area contributed by atoms with Gasteiger partial charge in [0.05, 0.1) is 5.69 Å². The fourth-order valence-corrected chi connectivity index (χ4v) is 3.60. The van der Waals surface area contributed by atoms with E-state index in [2.05, 4.69) is 34.5 Å². The van der Waals surface area contributed by atoms with Gasteiger partial charge >= 0.3 is 0 Å². The van der Waals surface area contributed by atoms with Crippen molar-refractivity contribution >= 4 is 23.4 Å². The average Bonchev–Trinajstić information content (AvgIpc) is 3.24. The van der Waals surface area contributed by atoms with Gasteiger partial charge in [-0.1, -0.05) is 54.1 Å². The van der Waals surface area contributed by atoms with Crippen LogP contribution in [-0.2, 0) is 6.42 Å². The molecule has 2 aromatic carbocycles. The van der Waals surface area contributed by atoms with Crippen LogP contribution in [0.1, 0.15) is 18.4 Å². The summed E-state index contributed by atoms with van der Waals surface area (Å²) >= 11 is 6.07. The Morgan fingerprint density at radius 1 is 0.926 bits per heavy atom. The molecule has 0 aliphatic carbocycles. The molecule has 0 saturated carbocycles. The molecule has 1 N–H and O–H groups in total. The van der Waals surface area contributed by atoms with Gasteiger partial charge in [-0.25, -0.2) is 4.98 Å². The summed E-state index contributed by atoms with van der Waals surface area (Å²) in [5.74, 6) is 1.69. The van der Waals surface area contributed by atoms with E-state index in [1.54, 1.807) is 0 Å². The highest BCUT2D eigenvalue weighted by Crippen LogP contribution is 2.25. The van der Waals surface area contributed by atoms with E-state index in [4.69, 9.17) is 21.6 Å². The molecule has 4 rings (SSSR count). The Kier molecular flexibility index (Phi) is 5.54.